The van der Waals surface area contributed by atoms with Gasteiger partial charge < -0.3 is 24.8 Å². The van der Waals surface area contributed by atoms with Gasteiger partial charge in [0.1, 0.15) is 0 Å². The molecule has 134 valence electrons. The first-order chi connectivity index (χ1) is 11.3. The van der Waals surface area contributed by atoms with Gasteiger partial charge in [0.05, 0.1) is 19.8 Å². The summed E-state index contributed by atoms with van der Waals surface area (Å²) in [6.07, 6.45) is 3.19. The van der Waals surface area contributed by atoms with Gasteiger partial charge >= 0.3 is 5.97 Å². The smallest absolute Gasteiger partial charge is 0.305 e. The van der Waals surface area contributed by atoms with E-state index >= 15 is 0 Å². The lowest BCUT2D eigenvalue weighted by atomic mass is 10.1. The average Bonchev–Trinajstić information content (AvgIpc) is 3.06. The topological polar surface area (TPSA) is 81.2 Å². The second kappa shape index (κ2) is 13.1. The number of guanidine groups is 1. The van der Waals surface area contributed by atoms with Gasteiger partial charge in [-0.25, -0.2) is 0 Å². The van der Waals surface area contributed by atoms with E-state index < -0.39 is 0 Å². The largest absolute Gasteiger partial charge is 0.466 e. The van der Waals surface area contributed by atoms with Crippen molar-refractivity contribution < 1.29 is 19.0 Å². The maximum atomic E-state index is 11.2. The summed E-state index contributed by atoms with van der Waals surface area (Å²) in [7, 11) is 1.73. The van der Waals surface area contributed by atoms with Crippen molar-refractivity contribution in [2.75, 3.05) is 53.2 Å². The van der Waals surface area contributed by atoms with Crippen LogP contribution in [0.4, 0.5) is 0 Å². The Balaban J connectivity index is 1.93. The summed E-state index contributed by atoms with van der Waals surface area (Å²) in [6, 6.07) is 0. The van der Waals surface area contributed by atoms with Gasteiger partial charge in [0.25, 0.3) is 0 Å². The van der Waals surface area contributed by atoms with Crippen LogP contribution in [0.1, 0.15) is 32.6 Å². The highest BCUT2D eigenvalue weighted by Crippen LogP contribution is 2.12. The van der Waals surface area contributed by atoms with Crippen LogP contribution in [0, 0.1) is 5.92 Å². The van der Waals surface area contributed by atoms with Crippen LogP contribution in [-0.4, -0.2) is 65.1 Å². The molecule has 0 aromatic rings. The number of carbonyl (C=O) groups is 1. The van der Waals surface area contributed by atoms with E-state index in [1.54, 1.807) is 7.05 Å². The third-order valence-corrected chi connectivity index (χ3v) is 3.51. The second-order valence-corrected chi connectivity index (χ2v) is 5.49. The fourth-order valence-electron chi connectivity index (χ4n) is 2.24. The standard InChI is InChI=1S/C16H31N3O4/c1-3-23-15(20)6-4-8-18-16(17-2)19-9-5-10-21-12-14-7-11-22-13-14/h14H,3-13H2,1-2H3,(H2,17,18,19). The summed E-state index contributed by atoms with van der Waals surface area (Å²) in [5, 5.41) is 6.41. The molecular formula is C16H31N3O4. The minimum Gasteiger partial charge on any atom is -0.466 e. The van der Waals surface area contributed by atoms with Crippen LogP contribution in [0.25, 0.3) is 0 Å². The number of hydrogen-bond donors (Lipinski definition) is 2. The molecule has 23 heavy (non-hydrogen) atoms. The zero-order valence-electron chi connectivity index (χ0n) is 14.4. The maximum Gasteiger partial charge on any atom is 0.305 e. The summed E-state index contributed by atoms with van der Waals surface area (Å²) in [4.78, 5) is 15.4. The molecule has 0 spiro atoms. The Kier molecular flexibility index (Phi) is 11.3. The highest BCUT2D eigenvalue weighted by Gasteiger charge is 2.15. The van der Waals surface area contributed by atoms with Gasteiger partial charge in [-0.15, -0.1) is 0 Å². The molecule has 0 radical (unpaired) electrons. The Labute approximate surface area is 139 Å². The summed E-state index contributed by atoms with van der Waals surface area (Å²) in [5.41, 5.74) is 0. The number of esters is 1. The van der Waals surface area contributed by atoms with Gasteiger partial charge in [0.15, 0.2) is 5.96 Å². The minimum absolute atomic E-state index is 0.151. The fraction of sp³-hybridized carbons (Fsp3) is 0.875. The van der Waals surface area contributed by atoms with Gasteiger partial charge in [-0.05, 0) is 26.2 Å². The fourth-order valence-corrected chi connectivity index (χ4v) is 2.24. The van der Waals surface area contributed by atoms with Crippen molar-refractivity contribution in [1.82, 2.24) is 10.6 Å². The van der Waals surface area contributed by atoms with Crippen molar-refractivity contribution in [3.63, 3.8) is 0 Å². The molecular weight excluding hydrogens is 298 g/mol. The first kappa shape index (κ1) is 19.7. The molecule has 0 saturated carbocycles. The molecule has 0 aromatic heterocycles. The number of aliphatic imine (C=N–C) groups is 1. The number of rotatable bonds is 11. The van der Waals surface area contributed by atoms with Gasteiger partial charge in [-0.3, -0.25) is 9.79 Å². The molecule has 0 aliphatic carbocycles. The quantitative estimate of drug-likeness (QED) is 0.254. The number of nitrogens with zero attached hydrogens (tertiary/aromatic N) is 1. The van der Waals surface area contributed by atoms with Gasteiger partial charge in [0, 0.05) is 45.7 Å². The Morgan fingerprint density at radius 2 is 2.09 bits per heavy atom. The minimum atomic E-state index is -0.151. The van der Waals surface area contributed by atoms with Crippen LogP contribution < -0.4 is 10.6 Å². The molecule has 1 fully saturated rings. The van der Waals surface area contributed by atoms with Crippen LogP contribution >= 0.6 is 0 Å². The Morgan fingerprint density at radius 1 is 1.30 bits per heavy atom. The molecule has 7 nitrogen and oxygen atoms in total. The first-order valence-corrected chi connectivity index (χ1v) is 8.51. The molecule has 0 amide bonds. The monoisotopic (exact) mass is 329 g/mol. The zero-order valence-corrected chi connectivity index (χ0v) is 14.4. The van der Waals surface area contributed by atoms with E-state index in [-0.39, 0.29) is 5.97 Å². The van der Waals surface area contributed by atoms with Crippen molar-refractivity contribution in [2.45, 2.75) is 32.6 Å². The lowest BCUT2D eigenvalue weighted by molar-refractivity contribution is -0.143. The van der Waals surface area contributed by atoms with E-state index in [9.17, 15) is 4.79 Å². The lowest BCUT2D eigenvalue weighted by Gasteiger charge is -2.12. The summed E-state index contributed by atoms with van der Waals surface area (Å²) in [5.74, 6) is 1.16. The summed E-state index contributed by atoms with van der Waals surface area (Å²) >= 11 is 0. The van der Waals surface area contributed by atoms with Crippen molar-refractivity contribution in [3.8, 4) is 0 Å². The van der Waals surface area contributed by atoms with Crippen molar-refractivity contribution in [2.24, 2.45) is 10.9 Å². The molecule has 1 unspecified atom stereocenters. The molecule has 1 saturated heterocycles. The first-order valence-electron chi connectivity index (χ1n) is 8.51. The van der Waals surface area contributed by atoms with Crippen LogP contribution in [0.15, 0.2) is 4.99 Å². The van der Waals surface area contributed by atoms with Gasteiger partial charge in [0.2, 0.25) is 0 Å². The summed E-state index contributed by atoms with van der Waals surface area (Å²) in [6.45, 7) is 6.98. The highest BCUT2D eigenvalue weighted by atomic mass is 16.5. The molecule has 1 aliphatic rings. The number of carbonyl (C=O) groups excluding carboxylic acids is 1. The Bertz CT molecular complexity index is 344. The number of nitrogens with one attached hydrogen (secondary N) is 2. The Morgan fingerprint density at radius 3 is 2.74 bits per heavy atom. The normalized spacial score (nSPS) is 18.0. The maximum absolute atomic E-state index is 11.2. The predicted molar refractivity (Wildman–Crippen MR) is 89.6 cm³/mol. The van der Waals surface area contributed by atoms with Gasteiger partial charge in [-0.2, -0.15) is 0 Å². The Hall–Kier alpha value is -1.34. The van der Waals surface area contributed by atoms with Gasteiger partial charge in [-0.1, -0.05) is 0 Å². The molecule has 1 rings (SSSR count). The van der Waals surface area contributed by atoms with E-state index in [1.807, 2.05) is 6.92 Å². The van der Waals surface area contributed by atoms with E-state index in [1.165, 1.54) is 0 Å². The van der Waals surface area contributed by atoms with Crippen LogP contribution in [-0.2, 0) is 19.0 Å². The van der Waals surface area contributed by atoms with E-state index in [2.05, 4.69) is 15.6 Å². The molecule has 7 heteroatoms. The molecule has 1 aliphatic heterocycles. The van der Waals surface area contributed by atoms with Crippen molar-refractivity contribution >= 4 is 11.9 Å². The third kappa shape index (κ3) is 10.1. The number of ether oxygens (including phenoxy) is 3. The molecule has 1 atom stereocenters. The molecule has 1 heterocycles. The van der Waals surface area contributed by atoms with Crippen molar-refractivity contribution in [1.29, 1.82) is 0 Å². The van der Waals surface area contributed by atoms with E-state index in [0.29, 0.717) is 25.5 Å². The van der Waals surface area contributed by atoms with Crippen LogP contribution in [0.3, 0.4) is 0 Å². The molecule has 0 aromatic carbocycles. The second-order valence-electron chi connectivity index (χ2n) is 5.49. The predicted octanol–water partition coefficient (Wildman–Crippen LogP) is 0.938. The number of hydrogen-bond acceptors (Lipinski definition) is 5. The van der Waals surface area contributed by atoms with E-state index in [4.69, 9.17) is 14.2 Å². The van der Waals surface area contributed by atoms with Crippen molar-refractivity contribution in [3.05, 3.63) is 0 Å². The van der Waals surface area contributed by atoms with Crippen LogP contribution in [0.5, 0.6) is 0 Å². The van der Waals surface area contributed by atoms with E-state index in [0.717, 1.165) is 58.2 Å². The van der Waals surface area contributed by atoms with Crippen LogP contribution in [0.2, 0.25) is 0 Å². The molecule has 0 bridgehead atoms. The third-order valence-electron chi connectivity index (χ3n) is 3.51. The summed E-state index contributed by atoms with van der Waals surface area (Å²) < 4.78 is 15.8. The average molecular weight is 329 g/mol. The SMILES string of the molecule is CCOC(=O)CCCNC(=NC)NCCCOCC1CCOC1. The lowest BCUT2D eigenvalue weighted by Crippen LogP contribution is -2.38. The molecule has 2 N–H and O–H groups in total. The zero-order chi connectivity index (χ0) is 16.8. The highest BCUT2D eigenvalue weighted by molar-refractivity contribution is 5.79.